The number of thiocarbonyl (C=S) groups is 1. The van der Waals surface area contributed by atoms with Crippen LogP contribution in [0.5, 0.6) is 0 Å². The van der Waals surface area contributed by atoms with Gasteiger partial charge in [0, 0.05) is 5.69 Å². The maximum Gasteiger partial charge on any atom is 0.171 e. The number of halogens is 1. The molecule has 0 radical (unpaired) electrons. The summed E-state index contributed by atoms with van der Waals surface area (Å²) in [6.45, 7) is 2.02. The van der Waals surface area contributed by atoms with Crippen LogP contribution in [0.2, 0.25) is 0 Å². The van der Waals surface area contributed by atoms with Gasteiger partial charge >= 0.3 is 0 Å². The zero-order valence-electron chi connectivity index (χ0n) is 10.6. The van der Waals surface area contributed by atoms with Crippen molar-refractivity contribution in [1.82, 2.24) is 5.32 Å². The van der Waals surface area contributed by atoms with Gasteiger partial charge in [0.1, 0.15) is 5.82 Å². The lowest BCUT2D eigenvalue weighted by Gasteiger charge is -2.17. The van der Waals surface area contributed by atoms with Crippen LogP contribution in [0, 0.1) is 5.82 Å². The summed E-state index contributed by atoms with van der Waals surface area (Å²) < 4.78 is 13.0. The van der Waals surface area contributed by atoms with Crippen molar-refractivity contribution < 1.29 is 4.39 Å². The quantitative estimate of drug-likeness (QED) is 0.831. The van der Waals surface area contributed by atoms with Crippen LogP contribution in [-0.2, 0) is 0 Å². The van der Waals surface area contributed by atoms with Gasteiger partial charge in [0.2, 0.25) is 0 Å². The van der Waals surface area contributed by atoms with Crippen molar-refractivity contribution in [1.29, 1.82) is 0 Å². The molecule has 19 heavy (non-hydrogen) atoms. The highest BCUT2D eigenvalue weighted by Gasteiger charge is 2.06. The Morgan fingerprint density at radius 1 is 1.11 bits per heavy atom. The van der Waals surface area contributed by atoms with Gasteiger partial charge in [-0.1, -0.05) is 36.4 Å². The van der Waals surface area contributed by atoms with E-state index < -0.39 is 0 Å². The van der Waals surface area contributed by atoms with Crippen LogP contribution in [0.4, 0.5) is 10.1 Å². The molecule has 1 atom stereocenters. The summed E-state index contributed by atoms with van der Waals surface area (Å²) in [6, 6.07) is 16.3. The molecule has 2 nitrogen and oxygen atoms in total. The molecule has 0 spiro atoms. The Morgan fingerprint density at radius 3 is 2.53 bits per heavy atom. The minimum atomic E-state index is -0.288. The summed E-state index contributed by atoms with van der Waals surface area (Å²) in [7, 11) is 0. The standard InChI is InChI=1S/C15H15FN2S/c1-11(12-6-3-2-4-7-12)17-15(19)18-14-9-5-8-13(16)10-14/h2-11H,1H3,(H2,17,18,19). The fraction of sp³-hybridized carbons (Fsp3) is 0.133. The predicted molar refractivity (Wildman–Crippen MR) is 80.6 cm³/mol. The van der Waals surface area contributed by atoms with Crippen molar-refractivity contribution >= 4 is 23.0 Å². The molecule has 0 saturated heterocycles. The number of benzene rings is 2. The molecule has 98 valence electrons. The van der Waals surface area contributed by atoms with E-state index in [0.29, 0.717) is 10.8 Å². The van der Waals surface area contributed by atoms with Gasteiger partial charge in [-0.2, -0.15) is 0 Å². The Hall–Kier alpha value is -1.94. The maximum absolute atomic E-state index is 13.0. The molecule has 0 aliphatic rings. The van der Waals surface area contributed by atoms with Crippen LogP contribution in [-0.4, -0.2) is 5.11 Å². The van der Waals surface area contributed by atoms with Gasteiger partial charge in [0.05, 0.1) is 6.04 Å². The van der Waals surface area contributed by atoms with Crippen molar-refractivity contribution in [3.05, 3.63) is 66.0 Å². The van der Waals surface area contributed by atoms with E-state index in [4.69, 9.17) is 12.2 Å². The van der Waals surface area contributed by atoms with E-state index in [1.165, 1.54) is 12.1 Å². The summed E-state index contributed by atoms with van der Waals surface area (Å²) in [6.07, 6.45) is 0. The Labute approximate surface area is 117 Å². The summed E-state index contributed by atoms with van der Waals surface area (Å²) in [5.74, 6) is -0.288. The van der Waals surface area contributed by atoms with Gasteiger partial charge in [0.25, 0.3) is 0 Å². The van der Waals surface area contributed by atoms with E-state index >= 15 is 0 Å². The first-order valence-corrected chi connectivity index (χ1v) is 6.44. The molecule has 0 amide bonds. The molecular weight excluding hydrogens is 259 g/mol. The molecule has 0 saturated carbocycles. The highest BCUT2D eigenvalue weighted by atomic mass is 32.1. The van der Waals surface area contributed by atoms with Crippen LogP contribution in [0.1, 0.15) is 18.5 Å². The Morgan fingerprint density at radius 2 is 1.84 bits per heavy atom. The molecule has 0 bridgehead atoms. The number of nitrogens with one attached hydrogen (secondary N) is 2. The van der Waals surface area contributed by atoms with Gasteiger partial charge in [-0.3, -0.25) is 0 Å². The molecule has 2 N–H and O–H groups in total. The largest absolute Gasteiger partial charge is 0.356 e. The van der Waals surface area contributed by atoms with Crippen LogP contribution < -0.4 is 10.6 Å². The van der Waals surface area contributed by atoms with E-state index in [1.807, 2.05) is 37.3 Å². The van der Waals surface area contributed by atoms with E-state index in [1.54, 1.807) is 12.1 Å². The topological polar surface area (TPSA) is 24.1 Å². The molecule has 2 aromatic carbocycles. The lowest BCUT2D eigenvalue weighted by molar-refractivity contribution is 0.628. The van der Waals surface area contributed by atoms with Crippen molar-refractivity contribution in [2.45, 2.75) is 13.0 Å². The summed E-state index contributed by atoms with van der Waals surface area (Å²) in [5.41, 5.74) is 1.78. The summed E-state index contributed by atoms with van der Waals surface area (Å²) in [4.78, 5) is 0. The molecule has 2 rings (SSSR count). The number of anilines is 1. The van der Waals surface area contributed by atoms with Crippen molar-refractivity contribution in [2.75, 3.05) is 5.32 Å². The number of hydrogen-bond acceptors (Lipinski definition) is 1. The Bertz CT molecular complexity index is 557. The van der Waals surface area contributed by atoms with E-state index in [9.17, 15) is 4.39 Å². The molecule has 1 unspecified atom stereocenters. The molecule has 2 aromatic rings. The van der Waals surface area contributed by atoms with E-state index in [-0.39, 0.29) is 11.9 Å². The second-order valence-electron chi connectivity index (χ2n) is 4.24. The summed E-state index contributed by atoms with van der Waals surface area (Å²) >= 11 is 5.21. The highest BCUT2D eigenvalue weighted by molar-refractivity contribution is 7.80. The average molecular weight is 274 g/mol. The zero-order valence-corrected chi connectivity index (χ0v) is 11.4. The van der Waals surface area contributed by atoms with Gasteiger partial charge in [-0.15, -0.1) is 0 Å². The van der Waals surface area contributed by atoms with Crippen molar-refractivity contribution in [3.8, 4) is 0 Å². The normalized spacial score (nSPS) is 11.7. The van der Waals surface area contributed by atoms with Crippen LogP contribution in [0.3, 0.4) is 0 Å². The van der Waals surface area contributed by atoms with Gasteiger partial charge in [-0.25, -0.2) is 4.39 Å². The fourth-order valence-corrected chi connectivity index (χ4v) is 2.05. The molecule has 4 heteroatoms. The van der Waals surface area contributed by atoms with Crippen molar-refractivity contribution in [3.63, 3.8) is 0 Å². The Kier molecular flexibility index (Phi) is 4.47. The molecule has 0 fully saturated rings. The van der Waals surface area contributed by atoms with Gasteiger partial charge in [0.15, 0.2) is 5.11 Å². The van der Waals surface area contributed by atoms with Crippen LogP contribution >= 0.6 is 12.2 Å². The van der Waals surface area contributed by atoms with Crippen molar-refractivity contribution in [2.24, 2.45) is 0 Å². The molecule has 0 heterocycles. The number of hydrogen-bond donors (Lipinski definition) is 2. The smallest absolute Gasteiger partial charge is 0.171 e. The first kappa shape index (κ1) is 13.5. The Balaban J connectivity index is 1.95. The average Bonchev–Trinajstić information content (AvgIpc) is 2.39. The predicted octanol–water partition coefficient (Wildman–Crippen LogP) is 3.87. The third kappa shape index (κ3) is 4.03. The minimum absolute atomic E-state index is 0.0924. The molecule has 0 aliphatic heterocycles. The van der Waals surface area contributed by atoms with E-state index in [2.05, 4.69) is 10.6 Å². The molecular formula is C15H15FN2S. The molecule has 0 aliphatic carbocycles. The minimum Gasteiger partial charge on any atom is -0.356 e. The fourth-order valence-electron chi connectivity index (χ4n) is 1.76. The highest BCUT2D eigenvalue weighted by Crippen LogP contribution is 2.13. The second-order valence-corrected chi connectivity index (χ2v) is 4.65. The van der Waals surface area contributed by atoms with E-state index in [0.717, 1.165) is 5.56 Å². The first-order valence-electron chi connectivity index (χ1n) is 6.03. The SMILES string of the molecule is CC(NC(=S)Nc1cccc(F)c1)c1ccccc1. The third-order valence-corrected chi connectivity index (χ3v) is 2.95. The first-order chi connectivity index (χ1) is 9.15. The van der Waals surface area contributed by atoms with Gasteiger partial charge in [-0.05, 0) is 42.9 Å². The van der Waals surface area contributed by atoms with Crippen LogP contribution in [0.25, 0.3) is 0 Å². The third-order valence-electron chi connectivity index (χ3n) is 2.73. The zero-order chi connectivity index (χ0) is 13.7. The number of rotatable bonds is 3. The second kappa shape index (κ2) is 6.29. The molecule has 0 aromatic heterocycles. The summed E-state index contributed by atoms with van der Waals surface area (Å²) in [5, 5.41) is 6.60. The van der Waals surface area contributed by atoms with Crippen LogP contribution in [0.15, 0.2) is 54.6 Å². The lowest BCUT2D eigenvalue weighted by Crippen LogP contribution is -2.30. The monoisotopic (exact) mass is 274 g/mol. The maximum atomic E-state index is 13.0. The lowest BCUT2D eigenvalue weighted by atomic mass is 10.1. The van der Waals surface area contributed by atoms with Gasteiger partial charge < -0.3 is 10.6 Å².